The van der Waals surface area contributed by atoms with Gasteiger partial charge in [0.15, 0.2) is 0 Å². The highest BCUT2D eigenvalue weighted by molar-refractivity contribution is 6.07. The Morgan fingerprint density at radius 1 is 1.43 bits per heavy atom. The van der Waals surface area contributed by atoms with Gasteiger partial charge in [-0.2, -0.15) is 0 Å². The van der Waals surface area contributed by atoms with E-state index in [-0.39, 0.29) is 16.9 Å². The maximum Gasteiger partial charge on any atom is 0.338 e. The van der Waals surface area contributed by atoms with Crippen LogP contribution in [0.3, 0.4) is 0 Å². The Kier molecular flexibility index (Phi) is 4.34. The fourth-order valence-corrected chi connectivity index (χ4v) is 1.99. The van der Waals surface area contributed by atoms with E-state index in [0.717, 1.165) is 0 Å². The predicted octanol–water partition coefficient (Wildman–Crippen LogP) is 1.10. The van der Waals surface area contributed by atoms with Crippen molar-refractivity contribution >= 4 is 17.6 Å². The number of aryl methyl sites for hydroxylation is 1. The van der Waals surface area contributed by atoms with E-state index in [2.05, 4.69) is 10.3 Å². The lowest BCUT2D eigenvalue weighted by Crippen LogP contribution is -2.16. The molecule has 1 aromatic carbocycles. The summed E-state index contributed by atoms with van der Waals surface area (Å²) in [5, 5.41) is 11.8. The second-order valence-electron chi connectivity index (χ2n) is 4.54. The summed E-state index contributed by atoms with van der Waals surface area (Å²) in [5.41, 5.74) is 6.54. The lowest BCUT2D eigenvalue weighted by atomic mass is 10.1. The minimum absolute atomic E-state index is 0.0761. The Morgan fingerprint density at radius 2 is 2.19 bits per heavy atom. The summed E-state index contributed by atoms with van der Waals surface area (Å²) in [6, 6.07) is 4.91. The molecule has 0 saturated carbocycles. The zero-order valence-electron chi connectivity index (χ0n) is 11.5. The first-order valence-corrected chi connectivity index (χ1v) is 6.39. The molecule has 0 fully saturated rings. The van der Waals surface area contributed by atoms with Gasteiger partial charge in [-0.05, 0) is 18.6 Å². The highest BCUT2D eigenvalue weighted by Crippen LogP contribution is 2.20. The van der Waals surface area contributed by atoms with E-state index in [9.17, 15) is 14.7 Å². The fourth-order valence-electron chi connectivity index (χ4n) is 1.99. The van der Waals surface area contributed by atoms with Crippen LogP contribution in [-0.2, 0) is 6.54 Å². The summed E-state index contributed by atoms with van der Waals surface area (Å²) >= 11 is 0. The van der Waals surface area contributed by atoms with E-state index >= 15 is 0 Å². The molecule has 1 amide bonds. The average molecular weight is 288 g/mol. The first-order chi connectivity index (χ1) is 10.0. The van der Waals surface area contributed by atoms with Crippen LogP contribution in [0.4, 0.5) is 5.69 Å². The van der Waals surface area contributed by atoms with Crippen LogP contribution in [0.1, 0.15) is 26.4 Å². The van der Waals surface area contributed by atoms with E-state index < -0.39 is 11.9 Å². The molecule has 0 aliphatic heterocycles. The van der Waals surface area contributed by atoms with Gasteiger partial charge in [0.2, 0.25) is 0 Å². The molecular formula is C14H16N4O3. The number of carboxylic acid groups (broad SMARTS) is 1. The van der Waals surface area contributed by atoms with Gasteiger partial charge in [0.05, 0.1) is 17.6 Å². The van der Waals surface area contributed by atoms with Crippen molar-refractivity contribution < 1.29 is 14.7 Å². The number of carbonyl (C=O) groups is 2. The molecular weight excluding hydrogens is 272 g/mol. The Labute approximate surface area is 121 Å². The monoisotopic (exact) mass is 288 g/mol. The maximum absolute atomic E-state index is 12.1. The van der Waals surface area contributed by atoms with Gasteiger partial charge >= 0.3 is 5.97 Å². The largest absolute Gasteiger partial charge is 0.478 e. The standard InChI is InChI=1S/C14H16N4O3/c1-9-3-2-4-10(12(9)14(20)21)17-13(19)11-7-18(6-5-15)8-16-11/h2-4,7-8H,5-6,15H2,1H3,(H,17,19)(H,20,21). The molecule has 1 aromatic heterocycles. The van der Waals surface area contributed by atoms with E-state index in [4.69, 9.17) is 5.73 Å². The number of imidazole rings is 1. The zero-order chi connectivity index (χ0) is 15.4. The molecule has 7 heteroatoms. The zero-order valence-corrected chi connectivity index (χ0v) is 11.5. The Morgan fingerprint density at radius 3 is 2.86 bits per heavy atom. The first-order valence-electron chi connectivity index (χ1n) is 6.39. The van der Waals surface area contributed by atoms with Crippen LogP contribution in [-0.4, -0.2) is 33.1 Å². The van der Waals surface area contributed by atoms with Crippen LogP contribution in [0.25, 0.3) is 0 Å². The third-order valence-corrected chi connectivity index (χ3v) is 2.99. The molecule has 0 spiro atoms. The second-order valence-corrected chi connectivity index (χ2v) is 4.54. The van der Waals surface area contributed by atoms with Crippen molar-refractivity contribution in [2.45, 2.75) is 13.5 Å². The number of carboxylic acids is 1. The number of hydrogen-bond donors (Lipinski definition) is 3. The van der Waals surface area contributed by atoms with E-state index in [1.165, 1.54) is 6.33 Å². The molecule has 110 valence electrons. The van der Waals surface area contributed by atoms with Crippen molar-refractivity contribution in [2.75, 3.05) is 11.9 Å². The van der Waals surface area contributed by atoms with Crippen LogP contribution in [0.2, 0.25) is 0 Å². The van der Waals surface area contributed by atoms with Gasteiger partial charge in [-0.25, -0.2) is 9.78 Å². The summed E-state index contributed by atoms with van der Waals surface area (Å²) in [6.45, 7) is 2.68. The summed E-state index contributed by atoms with van der Waals surface area (Å²) in [6.07, 6.45) is 3.08. The number of nitrogens with zero attached hydrogens (tertiary/aromatic N) is 2. The number of anilines is 1. The van der Waals surface area contributed by atoms with Crippen molar-refractivity contribution in [3.63, 3.8) is 0 Å². The van der Waals surface area contributed by atoms with Gasteiger partial charge in [-0.1, -0.05) is 12.1 Å². The van der Waals surface area contributed by atoms with Crippen LogP contribution in [0.5, 0.6) is 0 Å². The number of nitrogens with one attached hydrogen (secondary N) is 1. The van der Waals surface area contributed by atoms with Crippen LogP contribution in [0.15, 0.2) is 30.7 Å². The predicted molar refractivity (Wildman–Crippen MR) is 77.4 cm³/mol. The summed E-state index contributed by atoms with van der Waals surface area (Å²) in [7, 11) is 0. The Bertz CT molecular complexity index is 679. The van der Waals surface area contributed by atoms with Gasteiger partial charge in [0, 0.05) is 19.3 Å². The lowest BCUT2D eigenvalue weighted by molar-refractivity contribution is 0.0697. The molecule has 0 unspecified atom stereocenters. The molecule has 7 nitrogen and oxygen atoms in total. The maximum atomic E-state index is 12.1. The molecule has 0 atom stereocenters. The number of amides is 1. The van der Waals surface area contributed by atoms with Crippen molar-refractivity contribution in [3.8, 4) is 0 Å². The summed E-state index contributed by atoms with van der Waals surface area (Å²) < 4.78 is 1.70. The van der Waals surface area contributed by atoms with E-state index in [1.54, 1.807) is 35.9 Å². The minimum atomic E-state index is -1.09. The molecule has 2 rings (SSSR count). The van der Waals surface area contributed by atoms with Crippen molar-refractivity contribution in [3.05, 3.63) is 47.5 Å². The van der Waals surface area contributed by atoms with E-state index in [0.29, 0.717) is 18.7 Å². The van der Waals surface area contributed by atoms with Crippen LogP contribution >= 0.6 is 0 Å². The van der Waals surface area contributed by atoms with Crippen molar-refractivity contribution in [2.24, 2.45) is 5.73 Å². The van der Waals surface area contributed by atoms with Crippen molar-refractivity contribution in [1.29, 1.82) is 0 Å². The number of nitrogens with two attached hydrogens (primary N) is 1. The minimum Gasteiger partial charge on any atom is -0.478 e. The summed E-state index contributed by atoms with van der Waals surface area (Å²) in [5.74, 6) is -1.55. The third-order valence-electron chi connectivity index (χ3n) is 2.99. The first kappa shape index (κ1) is 14.7. The normalized spacial score (nSPS) is 10.4. The fraction of sp³-hybridized carbons (Fsp3) is 0.214. The molecule has 0 aliphatic rings. The molecule has 0 bridgehead atoms. The Hall–Kier alpha value is -2.67. The average Bonchev–Trinajstić information content (AvgIpc) is 2.87. The molecule has 4 N–H and O–H groups in total. The van der Waals surface area contributed by atoms with Gasteiger partial charge in [-0.3, -0.25) is 4.79 Å². The SMILES string of the molecule is Cc1cccc(NC(=O)c2cn(CCN)cn2)c1C(=O)O. The van der Waals surface area contributed by atoms with Crippen molar-refractivity contribution in [1.82, 2.24) is 9.55 Å². The molecule has 0 radical (unpaired) electrons. The topological polar surface area (TPSA) is 110 Å². The number of carbonyl (C=O) groups excluding carboxylic acids is 1. The third kappa shape index (κ3) is 3.26. The Balaban J connectivity index is 2.23. The van der Waals surface area contributed by atoms with Gasteiger partial charge in [0.1, 0.15) is 5.69 Å². The number of hydrogen-bond acceptors (Lipinski definition) is 4. The molecule has 21 heavy (non-hydrogen) atoms. The van der Waals surface area contributed by atoms with Crippen LogP contribution in [0, 0.1) is 6.92 Å². The number of aromatic carboxylic acids is 1. The molecule has 0 aliphatic carbocycles. The van der Waals surface area contributed by atoms with Gasteiger partial charge in [0.25, 0.3) is 5.91 Å². The number of rotatable bonds is 5. The number of benzene rings is 1. The number of aromatic nitrogens is 2. The van der Waals surface area contributed by atoms with Gasteiger partial charge in [-0.15, -0.1) is 0 Å². The highest BCUT2D eigenvalue weighted by atomic mass is 16.4. The smallest absolute Gasteiger partial charge is 0.338 e. The molecule has 0 saturated heterocycles. The quantitative estimate of drug-likeness (QED) is 0.763. The van der Waals surface area contributed by atoms with E-state index in [1.807, 2.05) is 0 Å². The van der Waals surface area contributed by atoms with Crippen LogP contribution < -0.4 is 11.1 Å². The molecule has 2 aromatic rings. The second kappa shape index (κ2) is 6.19. The lowest BCUT2D eigenvalue weighted by Gasteiger charge is -2.09. The summed E-state index contributed by atoms with van der Waals surface area (Å²) in [4.78, 5) is 27.3. The molecule has 1 heterocycles. The van der Waals surface area contributed by atoms with Gasteiger partial charge < -0.3 is 20.7 Å². The highest BCUT2D eigenvalue weighted by Gasteiger charge is 2.16.